The molecule has 1 aliphatic rings. The molecule has 0 aromatic carbocycles. The van der Waals surface area contributed by atoms with E-state index in [1.165, 1.54) is 6.42 Å². The molecular formula is C13H26N4. The van der Waals surface area contributed by atoms with Gasteiger partial charge < -0.3 is 10.2 Å². The lowest BCUT2D eigenvalue weighted by molar-refractivity contribution is 0.197. The molecule has 0 aromatic heterocycles. The van der Waals surface area contributed by atoms with Crippen LogP contribution < -0.4 is 5.32 Å². The summed E-state index contributed by atoms with van der Waals surface area (Å²) in [5, 5.41) is 12.3. The third-order valence-corrected chi connectivity index (χ3v) is 4.05. The van der Waals surface area contributed by atoms with Crippen molar-refractivity contribution in [2.24, 2.45) is 0 Å². The molecule has 0 radical (unpaired) electrons. The molecule has 0 saturated carbocycles. The molecule has 4 nitrogen and oxygen atoms in total. The summed E-state index contributed by atoms with van der Waals surface area (Å²) in [7, 11) is 6.15. The fraction of sp³-hybridized carbons (Fsp3) is 0.923. The average Bonchev–Trinajstić information content (AvgIpc) is 2.78. The first kappa shape index (κ1) is 14.4. The van der Waals surface area contributed by atoms with Gasteiger partial charge in [0.1, 0.15) is 5.54 Å². The maximum absolute atomic E-state index is 9.18. The minimum Gasteiger partial charge on any atom is -0.305 e. The van der Waals surface area contributed by atoms with Gasteiger partial charge in [-0.1, -0.05) is 0 Å². The summed E-state index contributed by atoms with van der Waals surface area (Å²) < 4.78 is 0. The summed E-state index contributed by atoms with van der Waals surface area (Å²) in [6.45, 7) is 6.47. The number of hydrogen-bond donors (Lipinski definition) is 1. The van der Waals surface area contributed by atoms with E-state index >= 15 is 0 Å². The molecular weight excluding hydrogens is 212 g/mol. The van der Waals surface area contributed by atoms with Gasteiger partial charge in [0.05, 0.1) is 6.07 Å². The molecule has 4 heteroatoms. The molecule has 0 aliphatic carbocycles. The van der Waals surface area contributed by atoms with Gasteiger partial charge in [-0.3, -0.25) is 4.90 Å². The number of rotatable bonds is 5. The second kappa shape index (κ2) is 5.81. The number of nitrogens with zero attached hydrogens (tertiary/aromatic N) is 3. The number of hydrogen-bond acceptors (Lipinski definition) is 4. The lowest BCUT2D eigenvalue weighted by atomic mass is 9.95. The Labute approximate surface area is 106 Å². The van der Waals surface area contributed by atoms with Crippen molar-refractivity contribution in [2.75, 3.05) is 34.2 Å². The fourth-order valence-corrected chi connectivity index (χ4v) is 2.51. The Morgan fingerprint density at radius 1 is 1.59 bits per heavy atom. The molecule has 3 atom stereocenters. The SMILES string of the molecule is CNC(C)(C#N)CC(C)N1CCC(N(C)C)C1. The Hall–Kier alpha value is -0.630. The van der Waals surface area contributed by atoms with Crippen LogP contribution in [-0.2, 0) is 0 Å². The third-order valence-electron chi connectivity index (χ3n) is 4.05. The molecule has 0 spiro atoms. The topological polar surface area (TPSA) is 42.3 Å². The second-order valence-electron chi connectivity index (χ2n) is 5.65. The van der Waals surface area contributed by atoms with E-state index in [1.54, 1.807) is 0 Å². The van der Waals surface area contributed by atoms with Crippen LogP contribution in [0.4, 0.5) is 0 Å². The van der Waals surface area contributed by atoms with Crippen LogP contribution in [0, 0.1) is 11.3 Å². The standard InChI is InChI=1S/C13H26N4/c1-11(8-13(2,10-14)15-3)17-7-6-12(9-17)16(4)5/h11-12,15H,6-9H2,1-5H3. The number of likely N-dealkylation sites (N-methyl/N-ethyl adjacent to an activating group) is 1. The molecule has 1 fully saturated rings. The molecule has 1 N–H and O–H groups in total. The summed E-state index contributed by atoms with van der Waals surface area (Å²) in [6.07, 6.45) is 2.11. The molecule has 1 rings (SSSR count). The molecule has 0 amide bonds. The summed E-state index contributed by atoms with van der Waals surface area (Å²) in [4.78, 5) is 4.80. The molecule has 17 heavy (non-hydrogen) atoms. The van der Waals surface area contributed by atoms with Gasteiger partial charge in [-0.25, -0.2) is 0 Å². The third kappa shape index (κ3) is 3.67. The Balaban J connectivity index is 2.50. The zero-order chi connectivity index (χ0) is 13.1. The first-order valence-electron chi connectivity index (χ1n) is 6.42. The molecule has 1 aliphatic heterocycles. The predicted molar refractivity (Wildman–Crippen MR) is 70.8 cm³/mol. The molecule has 1 heterocycles. The van der Waals surface area contributed by atoms with Gasteiger partial charge in [-0.2, -0.15) is 5.26 Å². The Morgan fingerprint density at radius 3 is 2.65 bits per heavy atom. The minimum absolute atomic E-state index is 0.407. The monoisotopic (exact) mass is 238 g/mol. The van der Waals surface area contributed by atoms with E-state index in [0.29, 0.717) is 12.1 Å². The quantitative estimate of drug-likeness (QED) is 0.773. The van der Waals surface area contributed by atoms with Gasteiger partial charge in [0.15, 0.2) is 0 Å². The van der Waals surface area contributed by atoms with Crippen molar-refractivity contribution in [3.63, 3.8) is 0 Å². The van der Waals surface area contributed by atoms with E-state index in [4.69, 9.17) is 0 Å². The largest absolute Gasteiger partial charge is 0.305 e. The van der Waals surface area contributed by atoms with Crippen LogP contribution >= 0.6 is 0 Å². The zero-order valence-electron chi connectivity index (χ0n) is 11.8. The summed E-state index contributed by atoms with van der Waals surface area (Å²) in [6, 6.07) is 3.49. The lowest BCUT2D eigenvalue weighted by Crippen LogP contribution is -2.45. The highest BCUT2D eigenvalue weighted by atomic mass is 15.2. The molecule has 1 saturated heterocycles. The van der Waals surface area contributed by atoms with Crippen LogP contribution in [0.15, 0.2) is 0 Å². The van der Waals surface area contributed by atoms with Crippen molar-refractivity contribution >= 4 is 0 Å². The van der Waals surface area contributed by atoms with Crippen LogP contribution in [0.3, 0.4) is 0 Å². The van der Waals surface area contributed by atoms with Gasteiger partial charge in [0.25, 0.3) is 0 Å². The molecule has 98 valence electrons. The number of likely N-dealkylation sites (tertiary alicyclic amines) is 1. The molecule has 0 aromatic rings. The molecule has 0 bridgehead atoms. The van der Waals surface area contributed by atoms with E-state index in [2.05, 4.69) is 42.2 Å². The van der Waals surface area contributed by atoms with E-state index < -0.39 is 5.54 Å². The van der Waals surface area contributed by atoms with Crippen LogP contribution in [0.1, 0.15) is 26.7 Å². The van der Waals surface area contributed by atoms with Gasteiger partial charge in [0.2, 0.25) is 0 Å². The normalized spacial score (nSPS) is 26.8. The lowest BCUT2D eigenvalue weighted by Gasteiger charge is -2.31. The molecule has 3 unspecified atom stereocenters. The highest BCUT2D eigenvalue weighted by molar-refractivity contribution is 5.05. The van der Waals surface area contributed by atoms with E-state index in [-0.39, 0.29) is 0 Å². The first-order valence-corrected chi connectivity index (χ1v) is 6.42. The summed E-state index contributed by atoms with van der Waals surface area (Å²) in [5.41, 5.74) is -0.407. The highest BCUT2D eigenvalue weighted by Crippen LogP contribution is 2.21. The second-order valence-corrected chi connectivity index (χ2v) is 5.65. The van der Waals surface area contributed by atoms with Crippen molar-refractivity contribution in [1.82, 2.24) is 15.1 Å². The van der Waals surface area contributed by atoms with E-state index in [1.807, 2.05) is 14.0 Å². The van der Waals surface area contributed by atoms with Crippen LogP contribution in [0.25, 0.3) is 0 Å². The van der Waals surface area contributed by atoms with Crippen LogP contribution in [-0.4, -0.2) is 61.7 Å². The van der Waals surface area contributed by atoms with Crippen molar-refractivity contribution in [1.29, 1.82) is 5.26 Å². The number of nitrogens with one attached hydrogen (secondary N) is 1. The van der Waals surface area contributed by atoms with E-state index in [9.17, 15) is 5.26 Å². The minimum atomic E-state index is -0.407. The van der Waals surface area contributed by atoms with Gasteiger partial charge in [-0.05, 0) is 47.8 Å². The Morgan fingerprint density at radius 2 is 2.24 bits per heavy atom. The highest BCUT2D eigenvalue weighted by Gasteiger charge is 2.31. The maximum atomic E-state index is 9.18. The maximum Gasteiger partial charge on any atom is 0.105 e. The Bertz CT molecular complexity index is 284. The predicted octanol–water partition coefficient (Wildman–Crippen LogP) is 0.903. The Kier molecular flexibility index (Phi) is 4.93. The smallest absolute Gasteiger partial charge is 0.105 e. The number of nitriles is 1. The zero-order valence-corrected chi connectivity index (χ0v) is 11.8. The van der Waals surface area contributed by atoms with Crippen molar-refractivity contribution in [3.8, 4) is 6.07 Å². The van der Waals surface area contributed by atoms with Crippen LogP contribution in [0.2, 0.25) is 0 Å². The summed E-state index contributed by atoms with van der Waals surface area (Å²) in [5.74, 6) is 0. The first-order chi connectivity index (χ1) is 7.91. The van der Waals surface area contributed by atoms with E-state index in [0.717, 1.165) is 19.5 Å². The van der Waals surface area contributed by atoms with Crippen molar-refractivity contribution in [3.05, 3.63) is 0 Å². The van der Waals surface area contributed by atoms with Gasteiger partial charge in [0, 0.05) is 25.2 Å². The van der Waals surface area contributed by atoms with Gasteiger partial charge >= 0.3 is 0 Å². The van der Waals surface area contributed by atoms with Crippen LogP contribution in [0.5, 0.6) is 0 Å². The van der Waals surface area contributed by atoms with Crippen molar-refractivity contribution < 1.29 is 0 Å². The average molecular weight is 238 g/mol. The van der Waals surface area contributed by atoms with Crippen molar-refractivity contribution in [2.45, 2.75) is 44.3 Å². The fourth-order valence-electron chi connectivity index (χ4n) is 2.51. The summed E-state index contributed by atoms with van der Waals surface area (Å²) >= 11 is 0. The van der Waals surface area contributed by atoms with Gasteiger partial charge in [-0.15, -0.1) is 0 Å².